The zero-order valence-electron chi connectivity index (χ0n) is 16.9. The van der Waals surface area contributed by atoms with Gasteiger partial charge < -0.3 is 4.42 Å². The number of halogens is 4. The van der Waals surface area contributed by atoms with E-state index in [0.29, 0.717) is 16.3 Å². The highest BCUT2D eigenvalue weighted by molar-refractivity contribution is 7.80. The van der Waals surface area contributed by atoms with Crippen LogP contribution >= 0.6 is 23.8 Å². The van der Waals surface area contributed by atoms with Crippen LogP contribution in [0.1, 0.15) is 16.9 Å². The number of hydrogen-bond acceptors (Lipinski definition) is 4. The van der Waals surface area contributed by atoms with Crippen LogP contribution in [0.15, 0.2) is 64.6 Å². The highest BCUT2D eigenvalue weighted by atomic mass is 35.5. The number of hydrogen-bond donors (Lipinski definition) is 1. The lowest BCUT2D eigenvalue weighted by Crippen LogP contribution is -2.54. The van der Waals surface area contributed by atoms with Crippen LogP contribution in [0.5, 0.6) is 0 Å². The first kappa shape index (κ1) is 22.8. The highest BCUT2D eigenvalue weighted by Gasteiger charge is 2.35. The first-order valence-corrected chi connectivity index (χ1v) is 10.3. The van der Waals surface area contributed by atoms with E-state index in [-0.39, 0.29) is 27.8 Å². The number of rotatable bonds is 3. The van der Waals surface area contributed by atoms with Gasteiger partial charge in [0.2, 0.25) is 0 Å². The normalized spacial score (nSPS) is 15.8. The fourth-order valence-electron chi connectivity index (χ4n) is 3.29. The molecule has 2 amide bonds. The minimum Gasteiger partial charge on any atom is -0.457 e. The van der Waals surface area contributed by atoms with E-state index in [1.807, 2.05) is 0 Å². The molecule has 33 heavy (non-hydrogen) atoms. The van der Waals surface area contributed by atoms with Crippen molar-refractivity contribution in [3.05, 3.63) is 82.1 Å². The molecule has 1 aliphatic rings. The van der Waals surface area contributed by atoms with Crippen LogP contribution in [0.4, 0.5) is 18.9 Å². The summed E-state index contributed by atoms with van der Waals surface area (Å²) in [5.41, 5.74) is 0.126. The average molecular weight is 491 g/mol. The number of thiocarbonyl (C=S) groups is 1. The SMILES string of the molecule is Cc1c(Cl)cccc1N1C(=O)/C(=C/c2ccc(-c3cccc(C(F)(F)F)c3)o2)C(=O)NC1=S. The van der Waals surface area contributed by atoms with Crippen LogP contribution in [0.25, 0.3) is 17.4 Å². The predicted molar refractivity (Wildman–Crippen MR) is 122 cm³/mol. The van der Waals surface area contributed by atoms with E-state index in [1.165, 1.54) is 30.3 Å². The summed E-state index contributed by atoms with van der Waals surface area (Å²) < 4.78 is 44.6. The molecule has 4 rings (SSSR count). The van der Waals surface area contributed by atoms with Gasteiger partial charge >= 0.3 is 6.18 Å². The number of carbonyl (C=O) groups is 2. The maximum Gasteiger partial charge on any atom is 0.416 e. The minimum atomic E-state index is -4.50. The van der Waals surface area contributed by atoms with E-state index >= 15 is 0 Å². The lowest BCUT2D eigenvalue weighted by Gasteiger charge is -2.30. The van der Waals surface area contributed by atoms with Gasteiger partial charge in [-0.25, -0.2) is 0 Å². The van der Waals surface area contributed by atoms with Crippen LogP contribution in [0.2, 0.25) is 5.02 Å². The summed E-state index contributed by atoms with van der Waals surface area (Å²) in [6.07, 6.45) is -3.29. The third-order valence-corrected chi connectivity index (χ3v) is 5.66. The Balaban J connectivity index is 1.69. The topological polar surface area (TPSA) is 62.6 Å². The fraction of sp³-hybridized carbons (Fsp3) is 0.0870. The van der Waals surface area contributed by atoms with Crippen LogP contribution in [-0.2, 0) is 15.8 Å². The molecule has 0 spiro atoms. The van der Waals surface area contributed by atoms with Gasteiger partial charge in [0.15, 0.2) is 5.11 Å². The van der Waals surface area contributed by atoms with Gasteiger partial charge in [-0.15, -0.1) is 0 Å². The molecule has 1 aliphatic heterocycles. The molecule has 1 N–H and O–H groups in total. The number of benzene rings is 2. The molecule has 1 aromatic heterocycles. The Kier molecular flexibility index (Phi) is 5.85. The van der Waals surface area contributed by atoms with Crippen molar-refractivity contribution in [1.29, 1.82) is 0 Å². The Morgan fingerprint density at radius 1 is 1.09 bits per heavy atom. The quantitative estimate of drug-likeness (QED) is 0.288. The van der Waals surface area contributed by atoms with Gasteiger partial charge in [0.1, 0.15) is 17.1 Å². The maximum absolute atomic E-state index is 13.1. The van der Waals surface area contributed by atoms with Crippen molar-refractivity contribution in [2.45, 2.75) is 13.1 Å². The van der Waals surface area contributed by atoms with Gasteiger partial charge in [-0.1, -0.05) is 29.8 Å². The van der Waals surface area contributed by atoms with E-state index in [9.17, 15) is 22.8 Å². The molecule has 0 bridgehead atoms. The minimum absolute atomic E-state index is 0.100. The third kappa shape index (κ3) is 4.42. The molecular weight excluding hydrogens is 477 g/mol. The molecule has 2 aromatic carbocycles. The smallest absolute Gasteiger partial charge is 0.416 e. The third-order valence-electron chi connectivity index (χ3n) is 4.97. The first-order valence-electron chi connectivity index (χ1n) is 9.50. The Hall–Kier alpha value is -3.43. The number of nitrogens with zero attached hydrogens (tertiary/aromatic N) is 1. The highest BCUT2D eigenvalue weighted by Crippen LogP contribution is 2.33. The number of alkyl halides is 3. The Bertz CT molecular complexity index is 1330. The molecule has 1 saturated heterocycles. The second-order valence-electron chi connectivity index (χ2n) is 7.12. The Morgan fingerprint density at radius 3 is 2.55 bits per heavy atom. The summed E-state index contributed by atoms with van der Waals surface area (Å²) in [4.78, 5) is 26.8. The van der Waals surface area contributed by atoms with Crippen LogP contribution in [-0.4, -0.2) is 16.9 Å². The number of furan rings is 1. The summed E-state index contributed by atoms with van der Waals surface area (Å²) in [6.45, 7) is 1.71. The zero-order valence-corrected chi connectivity index (χ0v) is 18.4. The summed E-state index contributed by atoms with van der Waals surface area (Å²) in [7, 11) is 0. The molecule has 168 valence electrons. The zero-order chi connectivity index (χ0) is 23.9. The number of amides is 2. The molecule has 0 unspecified atom stereocenters. The molecule has 10 heteroatoms. The fourth-order valence-corrected chi connectivity index (χ4v) is 3.73. The number of nitrogens with one attached hydrogen (secondary N) is 1. The van der Waals surface area contributed by atoms with E-state index in [0.717, 1.165) is 17.0 Å². The van der Waals surface area contributed by atoms with Crippen molar-refractivity contribution in [3.8, 4) is 11.3 Å². The van der Waals surface area contributed by atoms with Crippen molar-refractivity contribution < 1.29 is 27.2 Å². The monoisotopic (exact) mass is 490 g/mol. The van der Waals surface area contributed by atoms with Gasteiger partial charge in [-0.3, -0.25) is 19.8 Å². The van der Waals surface area contributed by atoms with Crippen molar-refractivity contribution in [3.63, 3.8) is 0 Å². The summed E-state index contributed by atoms with van der Waals surface area (Å²) in [5.74, 6) is -1.16. The number of carbonyl (C=O) groups excluding carboxylic acids is 2. The van der Waals surface area contributed by atoms with E-state index in [2.05, 4.69) is 5.32 Å². The molecule has 2 heterocycles. The van der Waals surface area contributed by atoms with Gasteiger partial charge in [-0.2, -0.15) is 13.2 Å². The van der Waals surface area contributed by atoms with Crippen LogP contribution < -0.4 is 10.2 Å². The lowest BCUT2D eigenvalue weighted by atomic mass is 10.1. The van der Waals surface area contributed by atoms with Crippen molar-refractivity contribution in [2.24, 2.45) is 0 Å². The van der Waals surface area contributed by atoms with Gasteiger partial charge in [0.05, 0.1) is 11.3 Å². The molecule has 0 radical (unpaired) electrons. The summed E-state index contributed by atoms with van der Waals surface area (Å²) in [5, 5.41) is 2.78. The largest absolute Gasteiger partial charge is 0.457 e. The molecule has 1 fully saturated rings. The molecule has 3 aromatic rings. The van der Waals surface area contributed by atoms with Gasteiger partial charge in [-0.05, 0) is 67.2 Å². The number of anilines is 1. The van der Waals surface area contributed by atoms with Crippen molar-refractivity contribution >= 4 is 52.5 Å². The maximum atomic E-state index is 13.1. The second kappa shape index (κ2) is 8.49. The Labute approximate surface area is 196 Å². The van der Waals surface area contributed by atoms with Crippen LogP contribution in [0, 0.1) is 6.92 Å². The predicted octanol–water partition coefficient (Wildman–Crippen LogP) is 5.76. The van der Waals surface area contributed by atoms with Crippen molar-refractivity contribution in [2.75, 3.05) is 4.90 Å². The van der Waals surface area contributed by atoms with Crippen molar-refractivity contribution in [1.82, 2.24) is 5.32 Å². The van der Waals surface area contributed by atoms with Crippen LogP contribution in [0.3, 0.4) is 0 Å². The first-order chi connectivity index (χ1) is 15.6. The molecule has 0 aliphatic carbocycles. The molecular formula is C23H14ClF3N2O3S. The van der Waals surface area contributed by atoms with Gasteiger partial charge in [0.25, 0.3) is 11.8 Å². The van der Waals surface area contributed by atoms with Gasteiger partial charge in [0, 0.05) is 10.6 Å². The van der Waals surface area contributed by atoms with E-state index in [4.69, 9.17) is 28.2 Å². The standard InChI is InChI=1S/C23H14ClF3N2O3S/c1-12-17(24)6-3-7-18(12)29-21(31)16(20(30)28-22(29)33)11-15-8-9-19(32-15)13-4-2-5-14(10-13)23(25,26)27/h2-11H,1H3,(H,28,30,33)/b16-11+. The van der Waals surface area contributed by atoms with E-state index in [1.54, 1.807) is 25.1 Å². The van der Waals surface area contributed by atoms with E-state index < -0.39 is 23.6 Å². The molecule has 0 saturated carbocycles. The Morgan fingerprint density at radius 2 is 1.82 bits per heavy atom. The lowest BCUT2D eigenvalue weighted by molar-refractivity contribution is -0.137. The second-order valence-corrected chi connectivity index (χ2v) is 7.92. The average Bonchev–Trinajstić information content (AvgIpc) is 3.22. The molecule has 5 nitrogen and oxygen atoms in total. The summed E-state index contributed by atoms with van der Waals surface area (Å²) >= 11 is 11.3. The molecule has 0 atom stereocenters. The summed E-state index contributed by atoms with van der Waals surface area (Å²) in [6, 6.07) is 12.5.